The minimum atomic E-state index is 0.292. The molecule has 0 aliphatic carbocycles. The molecule has 0 aliphatic heterocycles. The number of rotatable bonds is 9. The number of aromatic hydroxyl groups is 1. The Morgan fingerprint density at radius 2 is 1.20 bits per heavy atom. The average molecular weight is 526 g/mol. The van der Waals surface area contributed by atoms with Gasteiger partial charge in [0, 0.05) is 16.5 Å². The number of phenols is 1. The predicted molar refractivity (Wildman–Crippen MR) is 161 cm³/mol. The van der Waals surface area contributed by atoms with Crippen LogP contribution < -0.4 is 9.47 Å². The topological polar surface area (TPSA) is 43.6 Å². The summed E-state index contributed by atoms with van der Waals surface area (Å²) >= 11 is 0. The summed E-state index contributed by atoms with van der Waals surface area (Å²) < 4.78 is 14.5. The highest BCUT2D eigenvalue weighted by atomic mass is 16.5. The van der Waals surface area contributed by atoms with Crippen molar-refractivity contribution in [3.8, 4) is 28.5 Å². The molecule has 6 rings (SSSR count). The van der Waals surface area contributed by atoms with Gasteiger partial charge in [-0.25, -0.2) is 0 Å². The van der Waals surface area contributed by atoms with E-state index in [0.717, 1.165) is 55.9 Å². The Morgan fingerprint density at radius 3 is 1.85 bits per heavy atom. The third-order valence-corrected chi connectivity index (χ3v) is 7.23. The molecule has 1 aromatic heterocycles. The maximum Gasteiger partial charge on any atom is 0.120 e. The predicted octanol–water partition coefficient (Wildman–Crippen LogP) is 8.53. The Kier molecular flexibility index (Phi) is 7.23. The average Bonchev–Trinajstić information content (AvgIpc) is 3.27. The molecule has 0 bridgehead atoms. The highest BCUT2D eigenvalue weighted by Crippen LogP contribution is 2.37. The third-order valence-electron chi connectivity index (χ3n) is 7.23. The number of hydrogen-bond acceptors (Lipinski definition) is 3. The van der Waals surface area contributed by atoms with Crippen molar-refractivity contribution < 1.29 is 14.6 Å². The molecule has 0 spiro atoms. The summed E-state index contributed by atoms with van der Waals surface area (Å²) in [6, 6.07) is 42.4. The molecule has 5 aromatic carbocycles. The van der Waals surface area contributed by atoms with Crippen molar-refractivity contribution in [2.24, 2.45) is 0 Å². The maximum atomic E-state index is 10.6. The molecule has 0 saturated heterocycles. The Labute approximate surface area is 234 Å². The molecule has 0 unspecified atom stereocenters. The number of aromatic nitrogens is 1. The number of aryl methyl sites for hydroxylation is 1. The van der Waals surface area contributed by atoms with Gasteiger partial charge in [0.2, 0.25) is 0 Å². The number of phenolic OH excluding ortho intramolecular Hbond substituents is 1. The lowest BCUT2D eigenvalue weighted by Gasteiger charge is -2.14. The summed E-state index contributed by atoms with van der Waals surface area (Å²) in [6.45, 7) is 3.74. The molecular formula is C36H31NO3. The Morgan fingerprint density at radius 1 is 0.625 bits per heavy atom. The van der Waals surface area contributed by atoms with Gasteiger partial charge in [0.15, 0.2) is 0 Å². The lowest BCUT2D eigenvalue weighted by atomic mass is 10.1. The molecule has 0 radical (unpaired) electrons. The van der Waals surface area contributed by atoms with Crippen LogP contribution in [0.15, 0.2) is 127 Å². The summed E-state index contributed by atoms with van der Waals surface area (Å²) in [5.41, 5.74) is 7.58. The molecule has 0 aliphatic rings. The lowest BCUT2D eigenvalue weighted by molar-refractivity contribution is 0.306. The quantitative estimate of drug-likeness (QED) is 0.206. The monoisotopic (exact) mass is 525 g/mol. The van der Waals surface area contributed by atoms with E-state index in [0.29, 0.717) is 25.5 Å². The number of fused-ring (bicyclic) bond motifs is 1. The van der Waals surface area contributed by atoms with Gasteiger partial charge in [-0.05, 0) is 77.7 Å². The van der Waals surface area contributed by atoms with Crippen molar-refractivity contribution in [2.75, 3.05) is 0 Å². The van der Waals surface area contributed by atoms with Crippen molar-refractivity contribution in [2.45, 2.75) is 26.7 Å². The fourth-order valence-electron chi connectivity index (χ4n) is 5.13. The lowest BCUT2D eigenvalue weighted by Crippen LogP contribution is -2.03. The molecule has 1 heterocycles. The van der Waals surface area contributed by atoms with Crippen LogP contribution >= 0.6 is 0 Å². The van der Waals surface area contributed by atoms with Gasteiger partial charge < -0.3 is 19.1 Å². The minimum absolute atomic E-state index is 0.292. The van der Waals surface area contributed by atoms with Crippen LogP contribution in [-0.2, 0) is 19.8 Å². The fraction of sp³-hybridized carbons (Fsp3) is 0.111. The van der Waals surface area contributed by atoms with Crippen molar-refractivity contribution in [1.82, 2.24) is 4.57 Å². The van der Waals surface area contributed by atoms with Gasteiger partial charge in [-0.3, -0.25) is 0 Å². The molecule has 198 valence electrons. The van der Waals surface area contributed by atoms with Gasteiger partial charge in [0.05, 0.1) is 12.2 Å². The third kappa shape index (κ3) is 5.43. The molecule has 0 atom stereocenters. The molecule has 6 aromatic rings. The van der Waals surface area contributed by atoms with Gasteiger partial charge in [0.1, 0.15) is 30.5 Å². The first-order valence-electron chi connectivity index (χ1n) is 13.5. The largest absolute Gasteiger partial charge is 0.508 e. The SMILES string of the molecule is Cc1c(-c2ccc(OCc3ccccc3)cc2)n(Cc2ccccc2O)c2ccc(OCc3ccccc3)cc12. The van der Waals surface area contributed by atoms with E-state index >= 15 is 0 Å². The van der Waals surface area contributed by atoms with E-state index in [-0.39, 0.29) is 0 Å². The molecule has 4 nitrogen and oxygen atoms in total. The molecule has 0 amide bonds. The van der Waals surface area contributed by atoms with Crippen molar-refractivity contribution in [1.29, 1.82) is 0 Å². The Bertz CT molecular complexity index is 1720. The highest BCUT2D eigenvalue weighted by molar-refractivity contribution is 5.92. The second-order valence-corrected chi connectivity index (χ2v) is 9.94. The summed E-state index contributed by atoms with van der Waals surface area (Å²) in [4.78, 5) is 0. The fourth-order valence-corrected chi connectivity index (χ4v) is 5.13. The van der Waals surface area contributed by atoms with Crippen LogP contribution in [0.25, 0.3) is 22.2 Å². The van der Waals surface area contributed by atoms with E-state index in [2.05, 4.69) is 60.0 Å². The maximum absolute atomic E-state index is 10.6. The summed E-state index contributed by atoms with van der Waals surface area (Å²) in [5.74, 6) is 1.95. The zero-order valence-electron chi connectivity index (χ0n) is 22.5. The number of hydrogen-bond donors (Lipinski definition) is 1. The highest BCUT2D eigenvalue weighted by Gasteiger charge is 2.18. The van der Waals surface area contributed by atoms with Crippen molar-refractivity contribution in [3.63, 3.8) is 0 Å². The first-order chi connectivity index (χ1) is 19.7. The molecule has 4 heteroatoms. The molecule has 0 fully saturated rings. The van der Waals surface area contributed by atoms with Crippen LogP contribution in [0.1, 0.15) is 22.3 Å². The van der Waals surface area contributed by atoms with Crippen molar-refractivity contribution >= 4 is 10.9 Å². The first-order valence-corrected chi connectivity index (χ1v) is 13.5. The molecular weight excluding hydrogens is 494 g/mol. The normalized spacial score (nSPS) is 11.0. The first kappa shape index (κ1) is 25.3. The van der Waals surface area contributed by atoms with E-state index in [1.807, 2.05) is 72.8 Å². The summed E-state index contributed by atoms with van der Waals surface area (Å²) in [6.07, 6.45) is 0. The van der Waals surface area contributed by atoms with Crippen molar-refractivity contribution in [3.05, 3.63) is 150 Å². The molecule has 40 heavy (non-hydrogen) atoms. The number of nitrogens with zero attached hydrogens (tertiary/aromatic N) is 1. The van der Waals surface area contributed by atoms with Crippen LogP contribution in [0.3, 0.4) is 0 Å². The standard InChI is InChI=1S/C36H31NO3/c1-26-33-22-32(40-25-28-12-6-3-7-13-28)20-21-34(33)37(23-30-14-8-9-15-35(30)38)36(26)29-16-18-31(19-17-29)39-24-27-10-4-2-5-11-27/h2-22,38H,23-25H2,1H3. The second kappa shape index (κ2) is 11.4. The van der Waals surface area contributed by atoms with Gasteiger partial charge in [-0.1, -0.05) is 78.9 Å². The number of ether oxygens (including phenoxy) is 2. The van der Waals surface area contributed by atoms with Crippen LogP contribution in [0.5, 0.6) is 17.2 Å². The Balaban J connectivity index is 1.35. The van der Waals surface area contributed by atoms with Gasteiger partial charge in [-0.2, -0.15) is 0 Å². The van der Waals surface area contributed by atoms with E-state index in [4.69, 9.17) is 9.47 Å². The molecule has 1 N–H and O–H groups in total. The van der Waals surface area contributed by atoms with E-state index in [1.165, 1.54) is 0 Å². The van der Waals surface area contributed by atoms with Crippen LogP contribution in [0, 0.1) is 6.92 Å². The van der Waals surface area contributed by atoms with E-state index in [9.17, 15) is 5.11 Å². The zero-order chi connectivity index (χ0) is 27.3. The second-order valence-electron chi connectivity index (χ2n) is 9.94. The van der Waals surface area contributed by atoms with Gasteiger partial charge in [0.25, 0.3) is 0 Å². The Hall–Kier alpha value is -4.96. The van der Waals surface area contributed by atoms with Gasteiger partial charge in [-0.15, -0.1) is 0 Å². The molecule has 0 saturated carbocycles. The number of para-hydroxylation sites is 1. The van der Waals surface area contributed by atoms with E-state index in [1.54, 1.807) is 6.07 Å². The van der Waals surface area contributed by atoms with Gasteiger partial charge >= 0.3 is 0 Å². The number of benzene rings is 5. The van der Waals surface area contributed by atoms with Crippen LogP contribution in [0.2, 0.25) is 0 Å². The summed E-state index contributed by atoms with van der Waals surface area (Å²) in [7, 11) is 0. The summed E-state index contributed by atoms with van der Waals surface area (Å²) in [5, 5.41) is 11.7. The smallest absolute Gasteiger partial charge is 0.120 e. The zero-order valence-corrected chi connectivity index (χ0v) is 22.5. The van der Waals surface area contributed by atoms with E-state index < -0.39 is 0 Å². The van der Waals surface area contributed by atoms with Crippen LogP contribution in [0.4, 0.5) is 0 Å². The minimum Gasteiger partial charge on any atom is -0.508 e. The van der Waals surface area contributed by atoms with Crippen LogP contribution in [-0.4, -0.2) is 9.67 Å².